The van der Waals surface area contributed by atoms with E-state index in [1.165, 1.54) is 10.8 Å². The Morgan fingerprint density at radius 2 is 2.03 bits per heavy atom. The third kappa shape index (κ3) is 3.40. The molecule has 1 aliphatic heterocycles. The number of nitrogens with zero attached hydrogens (tertiary/aromatic N) is 4. The van der Waals surface area contributed by atoms with Crippen LogP contribution in [-0.4, -0.2) is 56.8 Å². The van der Waals surface area contributed by atoms with E-state index in [4.69, 9.17) is 5.73 Å². The number of aryl methyl sites for hydroxylation is 1. The number of carboxylic acid groups (broad SMARTS) is 1. The quantitative estimate of drug-likeness (QED) is 0.284. The van der Waals surface area contributed by atoms with Gasteiger partial charge < -0.3 is 30.6 Å². The van der Waals surface area contributed by atoms with Crippen LogP contribution < -0.4 is 21.4 Å². The van der Waals surface area contributed by atoms with Crippen molar-refractivity contribution in [1.29, 1.82) is 0 Å². The van der Waals surface area contributed by atoms with Crippen LogP contribution >= 0.6 is 0 Å². The highest BCUT2D eigenvalue weighted by Gasteiger charge is 2.29. The molecule has 1 aliphatic rings. The first-order chi connectivity index (χ1) is 18.2. The van der Waals surface area contributed by atoms with Crippen molar-refractivity contribution in [3.8, 4) is 11.1 Å². The molecule has 1 fully saturated rings. The van der Waals surface area contributed by atoms with Crippen LogP contribution in [0, 0.1) is 11.6 Å². The number of halogens is 2. The van der Waals surface area contributed by atoms with Gasteiger partial charge in [0, 0.05) is 69.0 Å². The van der Waals surface area contributed by atoms with Crippen molar-refractivity contribution in [2.45, 2.75) is 12.5 Å². The molecule has 12 heteroatoms. The number of aromatic carboxylic acids is 1. The summed E-state index contributed by atoms with van der Waals surface area (Å²) in [6.45, 7) is 1.04. The molecule has 5 heterocycles. The second kappa shape index (κ2) is 8.48. The zero-order valence-corrected chi connectivity index (χ0v) is 20.5. The predicted molar refractivity (Wildman–Crippen MR) is 141 cm³/mol. The first-order valence-corrected chi connectivity index (χ1v) is 11.9. The largest absolute Gasteiger partial charge is 0.477 e. The molecule has 1 saturated heterocycles. The van der Waals surface area contributed by atoms with Gasteiger partial charge in [-0.15, -0.1) is 0 Å². The smallest absolute Gasteiger partial charge is 0.341 e. The Hall–Kier alpha value is -4.58. The normalized spacial score (nSPS) is 15.7. The maximum atomic E-state index is 15.4. The average molecular weight is 520 g/mol. The minimum absolute atomic E-state index is 0.0481. The highest BCUT2D eigenvalue weighted by Crippen LogP contribution is 2.44. The molecule has 0 bridgehead atoms. The van der Waals surface area contributed by atoms with Crippen LogP contribution in [-0.2, 0) is 7.05 Å². The number of aromatic amines is 1. The molecular formula is C26H23F2N7O3. The van der Waals surface area contributed by atoms with Gasteiger partial charge in [0.1, 0.15) is 16.9 Å². The number of nitrogens with two attached hydrogens (primary N) is 1. The zero-order valence-electron chi connectivity index (χ0n) is 20.5. The summed E-state index contributed by atoms with van der Waals surface area (Å²) in [5.74, 6) is -3.36. The fraction of sp³-hybridized carbons (Fsp3) is 0.231. The standard InChI is InChI=1S/C26H23F2N7O3/c1-30-17-6-16(27)20(28)18-19-22(35-4-3-12(29)9-35)14(8-31-24(19)33-21(17)18)11-5-13-23(36)15(26(37)38)10-34(2)25(13)32-7-11/h5-8,10,12,30H,3-4,9,29H2,1-2H3,(H,31,33)(H,37,38)/t12-/m1/s1. The second-order valence-electron chi connectivity index (χ2n) is 9.47. The molecule has 38 heavy (non-hydrogen) atoms. The first-order valence-electron chi connectivity index (χ1n) is 11.9. The van der Waals surface area contributed by atoms with Gasteiger partial charge in [0.05, 0.1) is 33.1 Å². The SMILES string of the molecule is CNc1cc(F)c(F)c2c1[nH]c1ncc(-c3cnc4c(c3)c(=O)c(C(=O)O)cn4C)c(N3CC[C@@H](N)C3)c12. The lowest BCUT2D eigenvalue weighted by molar-refractivity contribution is 0.0695. The van der Waals surface area contributed by atoms with Crippen molar-refractivity contribution in [3.63, 3.8) is 0 Å². The molecule has 10 nitrogen and oxygen atoms in total. The molecule has 0 saturated carbocycles. The molecule has 1 atom stereocenters. The van der Waals surface area contributed by atoms with Crippen LogP contribution in [0.5, 0.6) is 0 Å². The monoisotopic (exact) mass is 519 g/mol. The lowest BCUT2D eigenvalue weighted by Gasteiger charge is -2.23. The fourth-order valence-corrected chi connectivity index (χ4v) is 5.33. The molecule has 6 rings (SSSR count). The number of anilines is 2. The van der Waals surface area contributed by atoms with Gasteiger partial charge in [-0.25, -0.2) is 23.5 Å². The Morgan fingerprint density at radius 1 is 1.24 bits per heavy atom. The molecule has 5 N–H and O–H groups in total. The number of aromatic nitrogens is 4. The van der Waals surface area contributed by atoms with Crippen molar-refractivity contribution in [2.24, 2.45) is 12.8 Å². The topological polar surface area (TPSA) is 142 Å². The number of pyridine rings is 3. The van der Waals surface area contributed by atoms with Crippen LogP contribution in [0.2, 0.25) is 0 Å². The van der Waals surface area contributed by atoms with Crippen molar-refractivity contribution in [1.82, 2.24) is 19.5 Å². The first kappa shape index (κ1) is 23.8. The van der Waals surface area contributed by atoms with E-state index in [9.17, 15) is 19.1 Å². The molecule has 0 unspecified atom stereocenters. The number of carboxylic acids is 1. The van der Waals surface area contributed by atoms with E-state index in [1.54, 1.807) is 32.6 Å². The summed E-state index contributed by atoms with van der Waals surface area (Å²) in [6.07, 6.45) is 5.06. The number of hydrogen-bond acceptors (Lipinski definition) is 7. The van der Waals surface area contributed by atoms with E-state index in [0.717, 1.165) is 6.07 Å². The van der Waals surface area contributed by atoms with Gasteiger partial charge in [0.15, 0.2) is 11.6 Å². The van der Waals surface area contributed by atoms with Crippen molar-refractivity contribution < 1.29 is 18.7 Å². The maximum absolute atomic E-state index is 15.4. The highest BCUT2D eigenvalue weighted by atomic mass is 19.2. The van der Waals surface area contributed by atoms with Crippen LogP contribution in [0.25, 0.3) is 44.1 Å². The number of nitrogens with one attached hydrogen (secondary N) is 2. The summed E-state index contributed by atoms with van der Waals surface area (Å²) in [4.78, 5) is 38.7. The number of carbonyl (C=O) groups is 1. The highest BCUT2D eigenvalue weighted by molar-refractivity contribution is 6.18. The number of benzene rings is 1. The van der Waals surface area contributed by atoms with Gasteiger partial charge in [-0.05, 0) is 12.5 Å². The van der Waals surface area contributed by atoms with Crippen molar-refractivity contribution >= 4 is 50.3 Å². The Morgan fingerprint density at radius 3 is 2.71 bits per heavy atom. The van der Waals surface area contributed by atoms with E-state index >= 15 is 4.39 Å². The minimum Gasteiger partial charge on any atom is -0.477 e. The van der Waals surface area contributed by atoms with Crippen LogP contribution in [0.15, 0.2) is 35.5 Å². The van der Waals surface area contributed by atoms with Crippen LogP contribution in [0.3, 0.4) is 0 Å². The number of fused-ring (bicyclic) bond motifs is 4. The van der Waals surface area contributed by atoms with E-state index < -0.39 is 23.0 Å². The maximum Gasteiger partial charge on any atom is 0.341 e. The summed E-state index contributed by atoms with van der Waals surface area (Å²) in [6, 6.07) is 2.53. The van der Waals surface area contributed by atoms with Crippen LogP contribution in [0.4, 0.5) is 20.2 Å². The Kier molecular flexibility index (Phi) is 5.31. The Bertz CT molecular complexity index is 1860. The van der Waals surface area contributed by atoms with Gasteiger partial charge in [-0.1, -0.05) is 0 Å². The van der Waals surface area contributed by atoms with Crippen molar-refractivity contribution in [2.75, 3.05) is 30.4 Å². The summed E-state index contributed by atoms with van der Waals surface area (Å²) in [7, 11) is 3.22. The molecule has 4 aromatic heterocycles. The lowest BCUT2D eigenvalue weighted by atomic mass is 10.0. The second-order valence-corrected chi connectivity index (χ2v) is 9.47. The van der Waals surface area contributed by atoms with Gasteiger partial charge >= 0.3 is 5.97 Å². The summed E-state index contributed by atoms with van der Waals surface area (Å²) < 4.78 is 31.5. The van der Waals surface area contributed by atoms with E-state index in [1.807, 2.05) is 4.90 Å². The van der Waals surface area contributed by atoms with Gasteiger partial charge in [0.25, 0.3) is 0 Å². The van der Waals surface area contributed by atoms with Gasteiger partial charge in [-0.3, -0.25) is 4.79 Å². The molecule has 1 aromatic carbocycles. The van der Waals surface area contributed by atoms with E-state index in [0.29, 0.717) is 64.2 Å². The number of hydrogen-bond donors (Lipinski definition) is 4. The van der Waals surface area contributed by atoms with Gasteiger partial charge in [-0.2, -0.15) is 0 Å². The van der Waals surface area contributed by atoms with Crippen LogP contribution in [0.1, 0.15) is 16.8 Å². The molecule has 0 aliphatic carbocycles. The molecule has 194 valence electrons. The van der Waals surface area contributed by atoms with Crippen molar-refractivity contribution in [3.05, 3.63) is 58.1 Å². The lowest BCUT2D eigenvalue weighted by Crippen LogP contribution is -2.27. The predicted octanol–water partition coefficient (Wildman–Crippen LogP) is 3.19. The van der Waals surface area contributed by atoms with E-state index in [-0.39, 0.29) is 22.4 Å². The molecule has 5 aromatic rings. The number of H-pyrrole nitrogens is 1. The number of rotatable bonds is 4. The molecule has 0 radical (unpaired) electrons. The minimum atomic E-state index is -1.34. The zero-order chi connectivity index (χ0) is 26.9. The molecule has 0 amide bonds. The third-order valence-electron chi connectivity index (χ3n) is 7.13. The van der Waals surface area contributed by atoms with E-state index in [2.05, 4.69) is 20.3 Å². The third-order valence-corrected chi connectivity index (χ3v) is 7.13. The summed E-state index contributed by atoms with van der Waals surface area (Å²) in [5.41, 5.74) is 8.15. The Labute approximate surface area is 213 Å². The summed E-state index contributed by atoms with van der Waals surface area (Å²) >= 11 is 0. The average Bonchev–Trinajstić information content (AvgIpc) is 3.51. The fourth-order valence-electron chi connectivity index (χ4n) is 5.33. The molecular weight excluding hydrogens is 496 g/mol. The summed E-state index contributed by atoms with van der Waals surface area (Å²) in [5, 5.41) is 12.9. The molecule has 0 spiro atoms. The Balaban J connectivity index is 1.72. The van der Waals surface area contributed by atoms with Gasteiger partial charge in [0.2, 0.25) is 5.43 Å².